The molecule has 0 saturated heterocycles. The van der Waals surface area contributed by atoms with Gasteiger partial charge < -0.3 is 10.1 Å². The summed E-state index contributed by atoms with van der Waals surface area (Å²) in [6, 6.07) is 5.82. The number of carbonyl (C=O) groups excluding carboxylic acids is 2. The van der Waals surface area contributed by atoms with Crippen molar-refractivity contribution in [2.75, 3.05) is 0 Å². The highest BCUT2D eigenvalue weighted by Crippen LogP contribution is 2.22. The summed E-state index contributed by atoms with van der Waals surface area (Å²) in [6.07, 6.45) is 3.03. The van der Waals surface area contributed by atoms with Gasteiger partial charge in [-0.15, -0.1) is 0 Å². The quantitative estimate of drug-likeness (QED) is 0.844. The Bertz CT molecular complexity index is 517. The van der Waals surface area contributed by atoms with E-state index in [-0.39, 0.29) is 12.1 Å². The average molecular weight is 275 g/mol. The zero-order valence-electron chi connectivity index (χ0n) is 12.2. The van der Waals surface area contributed by atoms with Crippen molar-refractivity contribution >= 4 is 12.4 Å². The van der Waals surface area contributed by atoms with Crippen molar-refractivity contribution in [1.82, 2.24) is 5.32 Å². The molecule has 0 unspecified atom stereocenters. The van der Waals surface area contributed by atoms with Gasteiger partial charge in [0.25, 0.3) is 0 Å². The van der Waals surface area contributed by atoms with Crippen molar-refractivity contribution in [2.24, 2.45) is 0 Å². The molecule has 1 amide bonds. The van der Waals surface area contributed by atoms with Crippen LogP contribution in [0.25, 0.3) is 0 Å². The first-order chi connectivity index (χ1) is 9.37. The van der Waals surface area contributed by atoms with E-state index >= 15 is 0 Å². The maximum absolute atomic E-state index is 11.8. The predicted molar refractivity (Wildman–Crippen MR) is 77.0 cm³/mol. The van der Waals surface area contributed by atoms with Gasteiger partial charge in [-0.3, -0.25) is 4.79 Å². The second-order valence-corrected chi connectivity index (χ2v) is 6.23. The lowest BCUT2D eigenvalue weighted by Crippen LogP contribution is -2.41. The molecule has 1 aromatic rings. The molecular formula is C16H21NO3. The molecule has 1 aliphatic carbocycles. The molecule has 0 aromatic heterocycles. The maximum atomic E-state index is 11.8. The van der Waals surface area contributed by atoms with Crippen LogP contribution >= 0.6 is 0 Å². The van der Waals surface area contributed by atoms with Crippen LogP contribution in [0.3, 0.4) is 0 Å². The number of rotatable bonds is 2. The number of hydrogen-bond acceptors (Lipinski definition) is 3. The fourth-order valence-corrected chi connectivity index (χ4v) is 2.45. The molecule has 1 aromatic carbocycles. The molecule has 20 heavy (non-hydrogen) atoms. The lowest BCUT2D eigenvalue weighted by Gasteiger charge is -2.27. The van der Waals surface area contributed by atoms with E-state index in [1.54, 1.807) is 0 Å². The Morgan fingerprint density at radius 2 is 2.10 bits per heavy atom. The molecule has 1 N–H and O–H groups in total. The Morgan fingerprint density at radius 3 is 2.75 bits per heavy atom. The van der Waals surface area contributed by atoms with Crippen LogP contribution in [0.15, 0.2) is 18.2 Å². The smallest absolute Gasteiger partial charge is 0.407 e. The lowest BCUT2D eigenvalue weighted by molar-refractivity contribution is 0.0500. The third-order valence-electron chi connectivity index (χ3n) is 3.32. The highest BCUT2D eigenvalue weighted by Gasteiger charge is 2.23. The highest BCUT2D eigenvalue weighted by molar-refractivity contribution is 5.75. The van der Waals surface area contributed by atoms with E-state index in [9.17, 15) is 9.59 Å². The molecule has 1 aliphatic rings. The van der Waals surface area contributed by atoms with Crippen LogP contribution in [0.4, 0.5) is 4.79 Å². The first-order valence-corrected chi connectivity index (χ1v) is 6.94. The van der Waals surface area contributed by atoms with Gasteiger partial charge in [0, 0.05) is 11.6 Å². The summed E-state index contributed by atoms with van der Waals surface area (Å²) in [5.41, 5.74) is 2.60. The van der Waals surface area contributed by atoms with Gasteiger partial charge >= 0.3 is 6.09 Å². The summed E-state index contributed by atoms with van der Waals surface area (Å²) in [5.74, 6) is 0. The van der Waals surface area contributed by atoms with Gasteiger partial charge in [-0.05, 0) is 57.2 Å². The molecule has 0 bridgehead atoms. The molecule has 0 fully saturated rings. The van der Waals surface area contributed by atoms with E-state index in [1.165, 1.54) is 5.56 Å². The predicted octanol–water partition coefficient (Wildman–Crippen LogP) is 2.88. The summed E-state index contributed by atoms with van der Waals surface area (Å²) in [5, 5.41) is 2.90. The molecule has 2 rings (SSSR count). The van der Waals surface area contributed by atoms with Gasteiger partial charge in [0.05, 0.1) is 0 Å². The number of alkyl carbamates (subject to hydrolysis) is 1. The third-order valence-corrected chi connectivity index (χ3v) is 3.32. The summed E-state index contributed by atoms with van der Waals surface area (Å²) < 4.78 is 5.27. The van der Waals surface area contributed by atoms with E-state index in [0.29, 0.717) is 5.56 Å². The molecule has 0 saturated carbocycles. The normalized spacial score (nSPS) is 18.1. The molecule has 0 spiro atoms. The van der Waals surface area contributed by atoms with E-state index in [4.69, 9.17) is 4.74 Å². The van der Waals surface area contributed by atoms with Gasteiger partial charge in [0.2, 0.25) is 0 Å². The van der Waals surface area contributed by atoms with Crippen molar-refractivity contribution in [2.45, 2.75) is 51.7 Å². The summed E-state index contributed by atoms with van der Waals surface area (Å²) in [4.78, 5) is 22.6. The molecular weight excluding hydrogens is 254 g/mol. The molecule has 0 aliphatic heterocycles. The van der Waals surface area contributed by atoms with E-state index in [2.05, 4.69) is 5.32 Å². The Kier molecular flexibility index (Phi) is 4.12. The number of aryl methyl sites for hydroxylation is 1. The Morgan fingerprint density at radius 1 is 1.35 bits per heavy atom. The van der Waals surface area contributed by atoms with Gasteiger partial charge in [-0.2, -0.15) is 0 Å². The van der Waals surface area contributed by atoms with Crippen LogP contribution in [-0.4, -0.2) is 24.0 Å². The molecule has 0 heterocycles. The van der Waals surface area contributed by atoms with Gasteiger partial charge in [0.1, 0.15) is 11.9 Å². The number of nitrogens with one attached hydrogen (secondary N) is 1. The molecule has 108 valence electrons. The fourth-order valence-electron chi connectivity index (χ4n) is 2.45. The SMILES string of the molecule is CC(C)(C)OC(=O)N[C@H]1CCc2ccc(C=O)cc2C1. The zero-order valence-corrected chi connectivity index (χ0v) is 12.2. The topological polar surface area (TPSA) is 55.4 Å². The van der Waals surface area contributed by atoms with E-state index < -0.39 is 5.60 Å². The minimum absolute atomic E-state index is 0.0688. The van der Waals surface area contributed by atoms with Gasteiger partial charge in [-0.1, -0.05) is 12.1 Å². The minimum Gasteiger partial charge on any atom is -0.444 e. The second-order valence-electron chi connectivity index (χ2n) is 6.23. The monoisotopic (exact) mass is 275 g/mol. The Labute approximate surface area is 119 Å². The van der Waals surface area contributed by atoms with E-state index in [0.717, 1.165) is 31.1 Å². The average Bonchev–Trinajstić information content (AvgIpc) is 2.35. The molecule has 4 nitrogen and oxygen atoms in total. The van der Waals surface area contributed by atoms with Crippen molar-refractivity contribution in [1.29, 1.82) is 0 Å². The van der Waals surface area contributed by atoms with Gasteiger partial charge in [-0.25, -0.2) is 4.79 Å². The largest absolute Gasteiger partial charge is 0.444 e. The van der Waals surface area contributed by atoms with Crippen LogP contribution in [0, 0.1) is 0 Å². The number of amides is 1. The summed E-state index contributed by atoms with van der Waals surface area (Å²) >= 11 is 0. The Hall–Kier alpha value is -1.84. The Balaban J connectivity index is 2.00. The third kappa shape index (κ3) is 3.83. The fraction of sp³-hybridized carbons (Fsp3) is 0.500. The number of carbonyl (C=O) groups is 2. The van der Waals surface area contributed by atoms with Crippen LogP contribution in [-0.2, 0) is 17.6 Å². The van der Waals surface area contributed by atoms with Crippen molar-refractivity contribution < 1.29 is 14.3 Å². The van der Waals surface area contributed by atoms with Crippen LogP contribution in [0.1, 0.15) is 48.7 Å². The molecule has 1 atom stereocenters. The number of aldehydes is 1. The number of hydrogen-bond donors (Lipinski definition) is 1. The van der Waals surface area contributed by atoms with Crippen LogP contribution < -0.4 is 5.32 Å². The van der Waals surface area contributed by atoms with Crippen molar-refractivity contribution in [3.8, 4) is 0 Å². The molecule has 4 heteroatoms. The lowest BCUT2D eigenvalue weighted by atomic mass is 9.87. The van der Waals surface area contributed by atoms with Crippen LogP contribution in [0.5, 0.6) is 0 Å². The first kappa shape index (κ1) is 14.6. The molecule has 0 radical (unpaired) electrons. The van der Waals surface area contributed by atoms with E-state index in [1.807, 2.05) is 39.0 Å². The summed E-state index contributed by atoms with van der Waals surface area (Å²) in [7, 11) is 0. The summed E-state index contributed by atoms with van der Waals surface area (Å²) in [6.45, 7) is 5.54. The second kappa shape index (κ2) is 5.65. The number of fused-ring (bicyclic) bond motifs is 1. The maximum Gasteiger partial charge on any atom is 0.407 e. The minimum atomic E-state index is -0.485. The zero-order chi connectivity index (χ0) is 14.8. The van der Waals surface area contributed by atoms with Crippen molar-refractivity contribution in [3.05, 3.63) is 34.9 Å². The first-order valence-electron chi connectivity index (χ1n) is 6.94. The standard InChI is InChI=1S/C16H21NO3/c1-16(2,3)20-15(19)17-14-7-6-12-5-4-11(10-18)8-13(12)9-14/h4-5,8,10,14H,6-7,9H2,1-3H3,(H,17,19)/t14-/m0/s1. The number of benzene rings is 1. The van der Waals surface area contributed by atoms with Crippen LogP contribution in [0.2, 0.25) is 0 Å². The number of ether oxygens (including phenoxy) is 1. The highest BCUT2D eigenvalue weighted by atomic mass is 16.6. The van der Waals surface area contributed by atoms with Gasteiger partial charge in [0.15, 0.2) is 0 Å². The van der Waals surface area contributed by atoms with Crippen molar-refractivity contribution in [3.63, 3.8) is 0 Å².